The molecule has 6 nitrogen and oxygen atoms in total. The van der Waals surface area contributed by atoms with Crippen molar-refractivity contribution in [2.45, 2.75) is 0 Å². The van der Waals surface area contributed by atoms with E-state index in [1.165, 1.54) is 13.3 Å². The van der Waals surface area contributed by atoms with Crippen LogP contribution in [0.25, 0.3) is 0 Å². The van der Waals surface area contributed by atoms with Crippen molar-refractivity contribution in [1.29, 1.82) is 0 Å². The third kappa shape index (κ3) is 3.67. The maximum absolute atomic E-state index is 10.7. The minimum Gasteiger partial charge on any atom is -0.493 e. The number of methoxy groups -OCH3 is 3. The first-order valence-electron chi connectivity index (χ1n) is 4.80. The van der Waals surface area contributed by atoms with Crippen LogP contribution in [0.3, 0.4) is 0 Å². The quantitative estimate of drug-likeness (QED) is 0.635. The van der Waals surface area contributed by atoms with E-state index in [4.69, 9.17) is 9.47 Å². The molecule has 0 radical (unpaired) electrons. The van der Waals surface area contributed by atoms with Crippen molar-refractivity contribution in [3.63, 3.8) is 0 Å². The molecule has 0 fully saturated rings. The van der Waals surface area contributed by atoms with Crippen LogP contribution in [0, 0.1) is 0 Å². The molecular formula is C11H14N2O4. The normalized spacial score (nSPS) is 10.1. The first kappa shape index (κ1) is 12.8. The average Bonchev–Trinajstić information content (AvgIpc) is 2.38. The van der Waals surface area contributed by atoms with Crippen LogP contribution in [-0.2, 0) is 4.74 Å². The molecule has 1 amide bonds. The smallest absolute Gasteiger partial charge is 0.427 e. The summed E-state index contributed by atoms with van der Waals surface area (Å²) in [5.74, 6) is 1.22. The fraction of sp³-hybridized carbons (Fsp3) is 0.273. The van der Waals surface area contributed by atoms with Gasteiger partial charge >= 0.3 is 6.09 Å². The van der Waals surface area contributed by atoms with Gasteiger partial charge in [-0.15, -0.1) is 0 Å². The molecule has 0 aliphatic rings. The standard InChI is InChI=1S/C11H14N2O4/c1-15-9-5-4-8(6-10(9)16-2)7-12-13-11(14)17-3/h4-7H,1-3H3,(H,13,14). The number of carbonyl (C=O) groups excluding carboxylic acids is 1. The highest BCUT2D eigenvalue weighted by molar-refractivity contribution is 5.82. The molecule has 0 aliphatic carbocycles. The van der Waals surface area contributed by atoms with Gasteiger partial charge in [0.05, 0.1) is 27.5 Å². The minimum absolute atomic E-state index is 0.592. The summed E-state index contributed by atoms with van der Waals surface area (Å²) in [5.41, 5.74) is 2.95. The molecular weight excluding hydrogens is 224 g/mol. The molecule has 0 aromatic heterocycles. The third-order valence-corrected chi connectivity index (χ3v) is 1.96. The summed E-state index contributed by atoms with van der Waals surface area (Å²) < 4.78 is 14.6. The zero-order chi connectivity index (χ0) is 12.7. The Morgan fingerprint density at radius 1 is 1.24 bits per heavy atom. The summed E-state index contributed by atoms with van der Waals surface area (Å²) in [6.07, 6.45) is 0.848. The lowest BCUT2D eigenvalue weighted by Gasteiger charge is -2.07. The largest absolute Gasteiger partial charge is 0.493 e. The highest BCUT2D eigenvalue weighted by atomic mass is 16.5. The fourth-order valence-electron chi connectivity index (χ4n) is 1.14. The maximum atomic E-state index is 10.7. The number of nitrogens with one attached hydrogen (secondary N) is 1. The van der Waals surface area contributed by atoms with Crippen molar-refractivity contribution in [3.8, 4) is 11.5 Å². The molecule has 0 heterocycles. The van der Waals surface area contributed by atoms with Crippen LogP contribution in [0.5, 0.6) is 11.5 Å². The van der Waals surface area contributed by atoms with Crippen molar-refractivity contribution in [1.82, 2.24) is 5.43 Å². The summed E-state index contributed by atoms with van der Waals surface area (Å²) in [6, 6.07) is 5.27. The van der Waals surface area contributed by atoms with Gasteiger partial charge in [-0.25, -0.2) is 10.2 Å². The van der Waals surface area contributed by atoms with Gasteiger partial charge in [0, 0.05) is 0 Å². The van der Waals surface area contributed by atoms with E-state index in [9.17, 15) is 4.79 Å². The zero-order valence-electron chi connectivity index (χ0n) is 9.89. The molecule has 17 heavy (non-hydrogen) atoms. The van der Waals surface area contributed by atoms with E-state index in [2.05, 4.69) is 15.3 Å². The van der Waals surface area contributed by atoms with Crippen molar-refractivity contribution < 1.29 is 19.0 Å². The number of nitrogens with zero attached hydrogens (tertiary/aromatic N) is 1. The number of rotatable bonds is 4. The first-order chi connectivity index (χ1) is 8.21. The number of hydrogen-bond donors (Lipinski definition) is 1. The molecule has 0 spiro atoms. The number of carbonyl (C=O) groups is 1. The number of hydrazone groups is 1. The van der Waals surface area contributed by atoms with Gasteiger partial charge < -0.3 is 14.2 Å². The van der Waals surface area contributed by atoms with E-state index >= 15 is 0 Å². The molecule has 1 N–H and O–H groups in total. The van der Waals surface area contributed by atoms with Gasteiger partial charge in [-0.2, -0.15) is 5.10 Å². The monoisotopic (exact) mass is 238 g/mol. The van der Waals surface area contributed by atoms with Crippen LogP contribution < -0.4 is 14.9 Å². The van der Waals surface area contributed by atoms with Gasteiger partial charge in [-0.1, -0.05) is 0 Å². The van der Waals surface area contributed by atoms with Crippen LogP contribution >= 0.6 is 0 Å². The molecule has 0 atom stereocenters. The van der Waals surface area contributed by atoms with E-state index in [-0.39, 0.29) is 0 Å². The predicted molar refractivity (Wildman–Crippen MR) is 62.7 cm³/mol. The van der Waals surface area contributed by atoms with E-state index in [1.54, 1.807) is 32.4 Å². The van der Waals surface area contributed by atoms with Gasteiger partial charge in [0.25, 0.3) is 0 Å². The van der Waals surface area contributed by atoms with Gasteiger partial charge in [0.2, 0.25) is 0 Å². The Bertz CT molecular complexity index is 418. The Kier molecular flexibility index (Phi) is 4.80. The summed E-state index contributed by atoms with van der Waals surface area (Å²) in [4.78, 5) is 10.7. The van der Waals surface area contributed by atoms with Crippen molar-refractivity contribution in [3.05, 3.63) is 23.8 Å². The van der Waals surface area contributed by atoms with Crippen molar-refractivity contribution in [2.24, 2.45) is 5.10 Å². The molecule has 1 aromatic rings. The second kappa shape index (κ2) is 6.37. The van der Waals surface area contributed by atoms with Gasteiger partial charge in [0.1, 0.15) is 0 Å². The van der Waals surface area contributed by atoms with E-state index in [1.807, 2.05) is 0 Å². The van der Waals surface area contributed by atoms with E-state index < -0.39 is 6.09 Å². The minimum atomic E-state index is -0.623. The molecule has 92 valence electrons. The van der Waals surface area contributed by atoms with Gasteiger partial charge in [0.15, 0.2) is 11.5 Å². The van der Waals surface area contributed by atoms with Gasteiger partial charge in [-0.05, 0) is 23.8 Å². The summed E-state index contributed by atoms with van der Waals surface area (Å²) >= 11 is 0. The summed E-state index contributed by atoms with van der Waals surface area (Å²) in [5, 5.41) is 3.70. The highest BCUT2D eigenvalue weighted by Crippen LogP contribution is 2.26. The molecule has 1 aromatic carbocycles. The fourth-order valence-corrected chi connectivity index (χ4v) is 1.14. The highest BCUT2D eigenvalue weighted by Gasteiger charge is 2.03. The lowest BCUT2D eigenvalue weighted by atomic mass is 10.2. The van der Waals surface area contributed by atoms with Crippen LogP contribution in [0.4, 0.5) is 4.79 Å². The molecule has 0 saturated carbocycles. The average molecular weight is 238 g/mol. The number of benzene rings is 1. The van der Waals surface area contributed by atoms with Crippen LogP contribution in [0.2, 0.25) is 0 Å². The van der Waals surface area contributed by atoms with E-state index in [0.29, 0.717) is 11.5 Å². The third-order valence-electron chi connectivity index (χ3n) is 1.96. The number of ether oxygens (including phenoxy) is 3. The molecule has 1 rings (SSSR count). The van der Waals surface area contributed by atoms with Crippen LogP contribution in [0.1, 0.15) is 5.56 Å². The van der Waals surface area contributed by atoms with Gasteiger partial charge in [-0.3, -0.25) is 0 Å². The maximum Gasteiger partial charge on any atom is 0.427 e. The molecule has 0 saturated heterocycles. The Hall–Kier alpha value is -2.24. The molecule has 0 aliphatic heterocycles. The number of hydrogen-bond acceptors (Lipinski definition) is 5. The molecule has 0 bridgehead atoms. The zero-order valence-corrected chi connectivity index (χ0v) is 9.89. The SMILES string of the molecule is COC(=O)NN=Cc1ccc(OC)c(OC)c1. The second-order valence-electron chi connectivity index (χ2n) is 2.98. The topological polar surface area (TPSA) is 69.2 Å². The summed E-state index contributed by atoms with van der Waals surface area (Å²) in [6.45, 7) is 0. The van der Waals surface area contributed by atoms with Crippen LogP contribution in [0.15, 0.2) is 23.3 Å². The lowest BCUT2D eigenvalue weighted by molar-refractivity contribution is 0.171. The Morgan fingerprint density at radius 2 is 1.94 bits per heavy atom. The van der Waals surface area contributed by atoms with Crippen molar-refractivity contribution >= 4 is 12.3 Å². The van der Waals surface area contributed by atoms with Crippen LogP contribution in [-0.4, -0.2) is 33.6 Å². The first-order valence-corrected chi connectivity index (χ1v) is 4.80. The van der Waals surface area contributed by atoms with E-state index in [0.717, 1.165) is 5.56 Å². The Balaban J connectivity index is 2.75. The summed E-state index contributed by atoms with van der Waals surface area (Å²) in [7, 11) is 4.37. The molecule has 0 unspecified atom stereocenters. The lowest BCUT2D eigenvalue weighted by Crippen LogP contribution is -2.16. The van der Waals surface area contributed by atoms with Crippen molar-refractivity contribution in [2.75, 3.05) is 21.3 Å². The predicted octanol–water partition coefficient (Wildman–Crippen LogP) is 1.39. The second-order valence-corrected chi connectivity index (χ2v) is 2.98. The number of amides is 1. The Morgan fingerprint density at radius 3 is 2.53 bits per heavy atom. The molecule has 6 heteroatoms. The Labute approximate surface area is 99.2 Å².